The third kappa shape index (κ3) is 7.17. The first kappa shape index (κ1) is 27.1. The number of carbonyl (C=O) groups is 2. The van der Waals surface area contributed by atoms with Gasteiger partial charge in [0.2, 0.25) is 21.8 Å². The fourth-order valence-corrected chi connectivity index (χ4v) is 4.70. The molecule has 0 saturated carbocycles. The van der Waals surface area contributed by atoms with E-state index < -0.39 is 28.5 Å². The summed E-state index contributed by atoms with van der Waals surface area (Å²) in [5, 5.41) is 3.69. The largest absolute Gasteiger partial charge is 0.352 e. The number of nitrogens with one attached hydrogen (secondary N) is 1. The van der Waals surface area contributed by atoms with Crippen LogP contribution in [0.25, 0.3) is 0 Å². The highest BCUT2D eigenvalue weighted by molar-refractivity contribution is 7.89. The minimum absolute atomic E-state index is 0.0180. The molecule has 0 aliphatic carbocycles. The van der Waals surface area contributed by atoms with E-state index in [1.807, 2.05) is 13.8 Å². The second kappa shape index (κ2) is 11.8. The molecule has 2 aromatic carbocycles. The molecule has 0 fully saturated rings. The van der Waals surface area contributed by atoms with Gasteiger partial charge in [0.15, 0.2) is 0 Å². The number of likely N-dealkylation sites (N-methyl/N-ethyl adjacent to an activating group) is 1. The lowest BCUT2D eigenvalue weighted by Gasteiger charge is -2.32. The molecule has 0 bridgehead atoms. The lowest BCUT2D eigenvalue weighted by atomic mass is 10.1. The van der Waals surface area contributed by atoms with E-state index in [4.69, 9.17) is 23.2 Å². The molecule has 0 radical (unpaired) electrons. The van der Waals surface area contributed by atoms with Crippen molar-refractivity contribution >= 4 is 45.0 Å². The number of rotatable bonds is 10. The van der Waals surface area contributed by atoms with Crippen LogP contribution in [0.5, 0.6) is 0 Å². The minimum atomic E-state index is -3.94. The zero-order valence-electron chi connectivity index (χ0n) is 19.1. The van der Waals surface area contributed by atoms with Gasteiger partial charge < -0.3 is 10.2 Å². The van der Waals surface area contributed by atoms with E-state index in [0.717, 1.165) is 4.31 Å². The predicted molar refractivity (Wildman–Crippen MR) is 131 cm³/mol. The molecule has 2 aromatic rings. The van der Waals surface area contributed by atoms with Gasteiger partial charge in [-0.2, -0.15) is 4.31 Å². The van der Waals surface area contributed by atoms with Crippen LogP contribution in [0, 0.1) is 0 Å². The number of hydrogen-bond acceptors (Lipinski definition) is 4. The maximum absolute atomic E-state index is 13.4. The number of nitrogens with zero attached hydrogens (tertiary/aromatic N) is 2. The Balaban J connectivity index is 2.34. The lowest BCUT2D eigenvalue weighted by Crippen LogP contribution is -2.52. The second-order valence-corrected chi connectivity index (χ2v) is 10.8. The monoisotopic (exact) mass is 513 g/mol. The van der Waals surface area contributed by atoms with E-state index in [1.54, 1.807) is 31.2 Å². The molecular formula is C23H29Cl2N3O4S. The molecule has 0 heterocycles. The van der Waals surface area contributed by atoms with Crippen molar-refractivity contribution in [3.05, 3.63) is 64.1 Å². The van der Waals surface area contributed by atoms with Gasteiger partial charge in [0.1, 0.15) is 6.04 Å². The van der Waals surface area contributed by atoms with Crippen LogP contribution in [0.2, 0.25) is 10.0 Å². The summed E-state index contributed by atoms with van der Waals surface area (Å²) >= 11 is 12.2. The van der Waals surface area contributed by atoms with Gasteiger partial charge in [-0.15, -0.1) is 0 Å². The number of sulfonamides is 1. The molecule has 10 heteroatoms. The van der Waals surface area contributed by atoms with Gasteiger partial charge in [0.05, 0.1) is 11.4 Å². The van der Waals surface area contributed by atoms with Gasteiger partial charge in [0.25, 0.3) is 0 Å². The van der Waals surface area contributed by atoms with Gasteiger partial charge >= 0.3 is 0 Å². The van der Waals surface area contributed by atoms with E-state index in [9.17, 15) is 18.0 Å². The van der Waals surface area contributed by atoms with Crippen LogP contribution in [0.1, 0.15) is 32.8 Å². The Morgan fingerprint density at radius 2 is 1.64 bits per heavy atom. The van der Waals surface area contributed by atoms with Gasteiger partial charge in [-0.3, -0.25) is 9.59 Å². The topological polar surface area (TPSA) is 86.8 Å². The summed E-state index contributed by atoms with van der Waals surface area (Å²) in [4.78, 5) is 27.6. The van der Waals surface area contributed by atoms with E-state index in [2.05, 4.69) is 5.32 Å². The Bertz CT molecular complexity index is 1080. The first-order chi connectivity index (χ1) is 15.5. The molecule has 2 amide bonds. The predicted octanol–water partition coefficient (Wildman–Crippen LogP) is 3.95. The van der Waals surface area contributed by atoms with Crippen LogP contribution in [0.3, 0.4) is 0 Å². The molecule has 0 spiro atoms. The Kier molecular flexibility index (Phi) is 9.72. The Morgan fingerprint density at radius 1 is 1.03 bits per heavy atom. The maximum Gasteiger partial charge on any atom is 0.243 e. The average Bonchev–Trinajstić information content (AvgIpc) is 2.74. The van der Waals surface area contributed by atoms with Gasteiger partial charge in [-0.1, -0.05) is 48.3 Å². The smallest absolute Gasteiger partial charge is 0.243 e. The molecule has 1 N–H and O–H groups in total. The Labute approximate surface area is 205 Å². The van der Waals surface area contributed by atoms with Crippen molar-refractivity contribution in [1.82, 2.24) is 14.5 Å². The molecule has 7 nitrogen and oxygen atoms in total. The lowest BCUT2D eigenvalue weighted by molar-refractivity contribution is -0.141. The van der Waals surface area contributed by atoms with Crippen molar-refractivity contribution in [3.8, 4) is 0 Å². The zero-order chi connectivity index (χ0) is 24.8. The number of halogens is 2. The summed E-state index contributed by atoms with van der Waals surface area (Å²) in [6, 6.07) is 11.8. The highest BCUT2D eigenvalue weighted by Crippen LogP contribution is 2.21. The third-order valence-electron chi connectivity index (χ3n) is 5.00. The van der Waals surface area contributed by atoms with E-state index in [-0.39, 0.29) is 23.4 Å². The fourth-order valence-electron chi connectivity index (χ4n) is 3.26. The highest BCUT2D eigenvalue weighted by Gasteiger charge is 2.32. The van der Waals surface area contributed by atoms with Crippen molar-refractivity contribution in [2.75, 3.05) is 13.6 Å². The fraction of sp³-hybridized carbons (Fsp3) is 0.391. The molecular weight excluding hydrogens is 485 g/mol. The standard InChI is InChI=1S/C23H29Cl2N3O4S/c1-5-21(23(30)26-16(2)3)28(14-17-8-6-7-9-20(17)25)22(29)15-27(4)33(31,32)19-12-10-18(24)11-13-19/h6-13,16,21H,5,14-15H2,1-4H3,(H,26,30)/t21-/m1/s1. The molecule has 0 aromatic heterocycles. The molecule has 0 aliphatic rings. The normalized spacial score (nSPS) is 12.6. The molecule has 33 heavy (non-hydrogen) atoms. The third-order valence-corrected chi connectivity index (χ3v) is 7.43. The summed E-state index contributed by atoms with van der Waals surface area (Å²) < 4.78 is 26.9. The van der Waals surface area contributed by atoms with E-state index >= 15 is 0 Å². The van der Waals surface area contributed by atoms with Gasteiger partial charge in [0, 0.05) is 29.7 Å². The molecule has 180 valence electrons. The van der Waals surface area contributed by atoms with Gasteiger partial charge in [-0.25, -0.2) is 8.42 Å². The van der Waals surface area contributed by atoms with Crippen LogP contribution in [-0.4, -0.2) is 55.1 Å². The van der Waals surface area contributed by atoms with Crippen molar-refractivity contribution < 1.29 is 18.0 Å². The summed E-state index contributed by atoms with van der Waals surface area (Å²) in [5.41, 5.74) is 0.659. The zero-order valence-corrected chi connectivity index (χ0v) is 21.4. The minimum Gasteiger partial charge on any atom is -0.352 e. The summed E-state index contributed by atoms with van der Waals surface area (Å²) in [6.45, 7) is 5.08. The van der Waals surface area contributed by atoms with Gasteiger partial charge in [-0.05, 0) is 56.2 Å². The molecule has 1 atom stereocenters. The van der Waals surface area contributed by atoms with Crippen LogP contribution >= 0.6 is 23.2 Å². The number of benzene rings is 2. The first-order valence-electron chi connectivity index (χ1n) is 10.5. The maximum atomic E-state index is 13.4. The molecule has 0 aliphatic heterocycles. The van der Waals surface area contributed by atoms with Crippen molar-refractivity contribution in [2.24, 2.45) is 0 Å². The quantitative estimate of drug-likeness (QED) is 0.521. The van der Waals surface area contributed by atoms with E-state index in [1.165, 1.54) is 36.2 Å². The average molecular weight is 514 g/mol. The molecule has 2 rings (SSSR count). The van der Waals surface area contributed by atoms with E-state index in [0.29, 0.717) is 22.0 Å². The van der Waals surface area contributed by atoms with Crippen LogP contribution < -0.4 is 5.32 Å². The SMILES string of the molecule is CC[C@H](C(=O)NC(C)C)N(Cc1ccccc1Cl)C(=O)CN(C)S(=O)(=O)c1ccc(Cl)cc1. The van der Waals surface area contributed by atoms with Crippen LogP contribution in [0.4, 0.5) is 0 Å². The second-order valence-electron chi connectivity index (χ2n) is 7.92. The summed E-state index contributed by atoms with van der Waals surface area (Å²) in [6.07, 6.45) is 0.350. The Morgan fingerprint density at radius 3 is 2.18 bits per heavy atom. The van der Waals surface area contributed by atoms with Crippen molar-refractivity contribution in [3.63, 3.8) is 0 Å². The summed E-state index contributed by atoms with van der Waals surface area (Å²) in [5.74, 6) is -0.822. The first-order valence-corrected chi connectivity index (χ1v) is 12.7. The number of amides is 2. The van der Waals surface area contributed by atoms with Crippen LogP contribution in [0.15, 0.2) is 53.4 Å². The highest BCUT2D eigenvalue weighted by atomic mass is 35.5. The number of hydrogen-bond donors (Lipinski definition) is 1. The summed E-state index contributed by atoms with van der Waals surface area (Å²) in [7, 11) is -2.61. The van der Waals surface area contributed by atoms with Crippen molar-refractivity contribution in [2.45, 2.75) is 50.7 Å². The van der Waals surface area contributed by atoms with Crippen LogP contribution in [-0.2, 0) is 26.2 Å². The molecule has 0 unspecified atom stereocenters. The molecule has 0 saturated heterocycles. The number of carbonyl (C=O) groups excluding carboxylic acids is 2. The Hall–Kier alpha value is -2.13. The van der Waals surface area contributed by atoms with Crippen molar-refractivity contribution in [1.29, 1.82) is 0 Å².